The first kappa shape index (κ1) is 15.3. The number of hydrogen-bond acceptors (Lipinski definition) is 3. The Balaban J connectivity index is 2.31. The number of carbonyl (C=O) groups is 2. The first-order chi connectivity index (χ1) is 9.88. The number of hydrogen-bond donors (Lipinski definition) is 3. The number of halogens is 2. The fourth-order valence-corrected chi connectivity index (χ4v) is 2.10. The standard InChI is InChI=1S/C14H10BrClN2O3/c15-10-3-1-7(5-11(10)17)13(19)18-12-4-2-8(16)6-9(12)14(20)21/h1-6H,17H2,(H,18,19)(H,20,21). The molecule has 2 rings (SSSR count). The number of nitrogens with one attached hydrogen (secondary N) is 1. The number of carboxylic acid groups (broad SMARTS) is 1. The zero-order valence-electron chi connectivity index (χ0n) is 10.6. The molecule has 108 valence electrons. The highest BCUT2D eigenvalue weighted by Gasteiger charge is 2.14. The van der Waals surface area contributed by atoms with E-state index in [1.165, 1.54) is 24.3 Å². The Labute approximate surface area is 133 Å². The summed E-state index contributed by atoms with van der Waals surface area (Å²) in [7, 11) is 0. The maximum absolute atomic E-state index is 12.1. The summed E-state index contributed by atoms with van der Waals surface area (Å²) in [4.78, 5) is 23.3. The number of benzene rings is 2. The first-order valence-electron chi connectivity index (χ1n) is 5.77. The number of nitrogens with two attached hydrogens (primary N) is 1. The van der Waals surface area contributed by atoms with Gasteiger partial charge >= 0.3 is 5.97 Å². The van der Waals surface area contributed by atoms with Gasteiger partial charge in [-0.1, -0.05) is 11.6 Å². The van der Waals surface area contributed by atoms with Crippen LogP contribution in [0.3, 0.4) is 0 Å². The molecule has 0 fully saturated rings. The van der Waals surface area contributed by atoms with Crippen molar-refractivity contribution >= 4 is 50.8 Å². The van der Waals surface area contributed by atoms with Crippen LogP contribution in [0.1, 0.15) is 20.7 Å². The van der Waals surface area contributed by atoms with Gasteiger partial charge in [0.1, 0.15) is 0 Å². The van der Waals surface area contributed by atoms with Crippen molar-refractivity contribution in [3.63, 3.8) is 0 Å². The van der Waals surface area contributed by atoms with Crippen molar-refractivity contribution in [1.82, 2.24) is 0 Å². The Morgan fingerprint density at radius 3 is 2.52 bits per heavy atom. The highest BCUT2D eigenvalue weighted by atomic mass is 79.9. The summed E-state index contributed by atoms with van der Waals surface area (Å²) >= 11 is 8.99. The molecule has 5 nitrogen and oxygen atoms in total. The third kappa shape index (κ3) is 3.53. The van der Waals surface area contributed by atoms with Crippen LogP contribution in [0.25, 0.3) is 0 Å². The van der Waals surface area contributed by atoms with Crippen molar-refractivity contribution in [3.8, 4) is 0 Å². The molecular weight excluding hydrogens is 360 g/mol. The lowest BCUT2D eigenvalue weighted by molar-refractivity contribution is 0.0698. The molecule has 0 unspecified atom stereocenters. The third-order valence-electron chi connectivity index (χ3n) is 2.72. The minimum absolute atomic E-state index is 0.0825. The number of rotatable bonds is 3. The highest BCUT2D eigenvalue weighted by Crippen LogP contribution is 2.23. The summed E-state index contributed by atoms with van der Waals surface area (Å²) in [6.07, 6.45) is 0. The van der Waals surface area contributed by atoms with Crippen molar-refractivity contribution in [1.29, 1.82) is 0 Å². The molecule has 0 aromatic heterocycles. The van der Waals surface area contributed by atoms with E-state index in [4.69, 9.17) is 22.4 Å². The SMILES string of the molecule is Nc1cc(C(=O)Nc2ccc(Cl)cc2C(=O)O)ccc1Br. The Morgan fingerprint density at radius 2 is 1.90 bits per heavy atom. The second kappa shape index (κ2) is 6.15. The largest absolute Gasteiger partial charge is 0.478 e. The number of aromatic carboxylic acids is 1. The van der Waals surface area contributed by atoms with E-state index in [0.717, 1.165) is 0 Å². The average molecular weight is 370 g/mol. The topological polar surface area (TPSA) is 92.4 Å². The average Bonchev–Trinajstić information content (AvgIpc) is 2.43. The van der Waals surface area contributed by atoms with E-state index in [0.29, 0.717) is 15.7 Å². The highest BCUT2D eigenvalue weighted by molar-refractivity contribution is 9.10. The molecule has 1 amide bonds. The lowest BCUT2D eigenvalue weighted by Gasteiger charge is -2.09. The number of anilines is 2. The molecule has 0 heterocycles. The molecule has 7 heteroatoms. The van der Waals surface area contributed by atoms with Crippen LogP contribution in [0.2, 0.25) is 5.02 Å². The quantitative estimate of drug-likeness (QED) is 0.720. The molecule has 0 aliphatic carbocycles. The maximum Gasteiger partial charge on any atom is 0.337 e. The first-order valence-corrected chi connectivity index (χ1v) is 6.95. The Kier molecular flexibility index (Phi) is 4.50. The minimum Gasteiger partial charge on any atom is -0.478 e. The van der Waals surface area contributed by atoms with E-state index in [1.54, 1.807) is 12.1 Å². The Morgan fingerprint density at radius 1 is 1.19 bits per heavy atom. The van der Waals surface area contributed by atoms with Crippen molar-refractivity contribution in [2.75, 3.05) is 11.1 Å². The molecule has 0 atom stereocenters. The summed E-state index contributed by atoms with van der Waals surface area (Å²) < 4.78 is 0.678. The molecule has 21 heavy (non-hydrogen) atoms. The monoisotopic (exact) mass is 368 g/mol. The summed E-state index contributed by atoms with van der Waals surface area (Å²) in [5, 5.41) is 11.9. The fourth-order valence-electron chi connectivity index (χ4n) is 1.68. The third-order valence-corrected chi connectivity index (χ3v) is 3.68. The normalized spacial score (nSPS) is 10.2. The summed E-state index contributed by atoms with van der Waals surface area (Å²) in [5.74, 6) is -1.64. The van der Waals surface area contributed by atoms with Crippen LogP contribution >= 0.6 is 27.5 Å². The van der Waals surface area contributed by atoms with Crippen LogP contribution < -0.4 is 11.1 Å². The number of carbonyl (C=O) groups excluding carboxylic acids is 1. The van der Waals surface area contributed by atoms with Crippen LogP contribution in [-0.2, 0) is 0 Å². The van der Waals surface area contributed by atoms with Gasteiger partial charge in [0.25, 0.3) is 5.91 Å². The van der Waals surface area contributed by atoms with Gasteiger partial charge in [0.15, 0.2) is 0 Å². The van der Waals surface area contributed by atoms with Gasteiger partial charge in [-0.15, -0.1) is 0 Å². The van der Waals surface area contributed by atoms with Gasteiger partial charge in [-0.2, -0.15) is 0 Å². The molecule has 4 N–H and O–H groups in total. The van der Waals surface area contributed by atoms with Crippen LogP contribution in [0.15, 0.2) is 40.9 Å². The Hall–Kier alpha value is -2.05. The fraction of sp³-hybridized carbons (Fsp3) is 0. The molecule has 0 radical (unpaired) electrons. The summed E-state index contributed by atoms with van der Waals surface area (Å²) in [6.45, 7) is 0. The molecule has 0 spiro atoms. The summed E-state index contributed by atoms with van der Waals surface area (Å²) in [6, 6.07) is 8.92. The maximum atomic E-state index is 12.1. The number of nitrogen functional groups attached to an aromatic ring is 1. The number of carboxylic acids is 1. The van der Waals surface area contributed by atoms with Gasteiger partial charge in [0.2, 0.25) is 0 Å². The Bertz CT molecular complexity index is 734. The van der Waals surface area contributed by atoms with Crippen LogP contribution in [-0.4, -0.2) is 17.0 Å². The zero-order chi connectivity index (χ0) is 15.6. The van der Waals surface area contributed by atoms with Gasteiger partial charge in [-0.05, 0) is 52.3 Å². The predicted molar refractivity (Wildman–Crippen MR) is 84.9 cm³/mol. The summed E-state index contributed by atoms with van der Waals surface area (Å²) in [5.41, 5.74) is 6.53. The molecule has 0 aliphatic heterocycles. The minimum atomic E-state index is -1.18. The molecule has 2 aromatic rings. The van der Waals surface area contributed by atoms with Crippen LogP contribution in [0, 0.1) is 0 Å². The molecule has 0 aliphatic rings. The van der Waals surface area contributed by atoms with Gasteiger partial charge in [0, 0.05) is 20.7 Å². The molecule has 2 aromatic carbocycles. The molecule has 0 bridgehead atoms. The van der Waals surface area contributed by atoms with Crippen molar-refractivity contribution in [2.45, 2.75) is 0 Å². The van der Waals surface area contributed by atoms with Crippen molar-refractivity contribution < 1.29 is 14.7 Å². The van der Waals surface area contributed by atoms with Crippen LogP contribution in [0.4, 0.5) is 11.4 Å². The molecular formula is C14H10BrClN2O3. The smallest absolute Gasteiger partial charge is 0.337 e. The van der Waals surface area contributed by atoms with Gasteiger partial charge in [-0.3, -0.25) is 4.79 Å². The lowest BCUT2D eigenvalue weighted by Crippen LogP contribution is -2.15. The zero-order valence-corrected chi connectivity index (χ0v) is 12.9. The lowest BCUT2D eigenvalue weighted by atomic mass is 10.1. The van der Waals surface area contributed by atoms with Gasteiger partial charge in [-0.25, -0.2) is 4.79 Å². The predicted octanol–water partition coefficient (Wildman–Crippen LogP) is 3.64. The second-order valence-corrected chi connectivity index (χ2v) is 5.48. The van der Waals surface area contributed by atoms with Gasteiger partial charge < -0.3 is 16.2 Å². The van der Waals surface area contributed by atoms with Crippen molar-refractivity contribution in [2.24, 2.45) is 0 Å². The number of amides is 1. The van der Waals surface area contributed by atoms with Crippen molar-refractivity contribution in [3.05, 3.63) is 57.0 Å². The van der Waals surface area contributed by atoms with E-state index in [9.17, 15) is 9.59 Å². The van der Waals surface area contributed by atoms with Gasteiger partial charge in [0.05, 0.1) is 11.3 Å². The molecule has 0 saturated heterocycles. The molecule has 0 saturated carbocycles. The second-order valence-electron chi connectivity index (χ2n) is 4.19. The van der Waals surface area contributed by atoms with E-state index in [2.05, 4.69) is 21.2 Å². The van der Waals surface area contributed by atoms with E-state index >= 15 is 0 Å². The van der Waals surface area contributed by atoms with E-state index in [-0.39, 0.29) is 16.3 Å². The van der Waals surface area contributed by atoms with Crippen LogP contribution in [0.5, 0.6) is 0 Å². The van der Waals surface area contributed by atoms with E-state index < -0.39 is 11.9 Å². The van der Waals surface area contributed by atoms with E-state index in [1.807, 2.05) is 0 Å².